The maximum atomic E-state index is 11.3. The van der Waals surface area contributed by atoms with Crippen LogP contribution in [0, 0.1) is 0 Å². The van der Waals surface area contributed by atoms with Gasteiger partial charge in [0.15, 0.2) is 0 Å². The molecule has 1 aromatic rings. The van der Waals surface area contributed by atoms with Gasteiger partial charge in [0.05, 0.1) is 6.26 Å². The normalized spacial score (nSPS) is 11.6. The number of carbonyl (C=O) groups is 2. The largest absolute Gasteiger partial charge is 0.467 e. The third-order valence-electron chi connectivity index (χ3n) is 2.19. The Labute approximate surface area is 105 Å². The third-order valence-corrected chi connectivity index (χ3v) is 2.19. The lowest BCUT2D eigenvalue weighted by Gasteiger charge is -2.08. The lowest BCUT2D eigenvalue weighted by Crippen LogP contribution is -2.40. The molecule has 6 nitrogen and oxygen atoms in total. The molecule has 1 rings (SSSR count). The Balaban J connectivity index is 2.23. The smallest absolute Gasteiger partial charge is 0.309 e. The van der Waals surface area contributed by atoms with E-state index in [9.17, 15) is 14.7 Å². The van der Waals surface area contributed by atoms with Gasteiger partial charge in [-0.15, -0.1) is 6.58 Å². The molecule has 0 aliphatic rings. The summed E-state index contributed by atoms with van der Waals surface area (Å²) in [5, 5.41) is 14.4. The molecule has 0 radical (unpaired) electrons. The second-order valence-electron chi connectivity index (χ2n) is 3.57. The van der Waals surface area contributed by atoms with Crippen molar-refractivity contribution in [2.45, 2.75) is 12.5 Å². The number of rotatable bonds is 6. The summed E-state index contributed by atoms with van der Waals surface area (Å²) in [6.07, 6.45) is 2.41. The lowest BCUT2D eigenvalue weighted by atomic mass is 10.2. The minimum Gasteiger partial charge on any atom is -0.467 e. The molecule has 0 bridgehead atoms. The molecule has 3 N–H and O–H groups in total. The second-order valence-corrected chi connectivity index (χ2v) is 3.57. The predicted molar refractivity (Wildman–Crippen MR) is 64.5 cm³/mol. The number of carbonyl (C=O) groups excluding carboxylic acids is 2. The zero-order valence-electron chi connectivity index (χ0n) is 9.89. The molecule has 6 heteroatoms. The summed E-state index contributed by atoms with van der Waals surface area (Å²) in [4.78, 5) is 22.4. The fourth-order valence-corrected chi connectivity index (χ4v) is 1.27. The molecule has 0 aromatic carbocycles. The monoisotopic (exact) mass is 252 g/mol. The van der Waals surface area contributed by atoms with Crippen LogP contribution in [0.4, 0.5) is 0 Å². The maximum absolute atomic E-state index is 11.3. The number of hydrogen-bond acceptors (Lipinski definition) is 4. The van der Waals surface area contributed by atoms with E-state index in [1.807, 2.05) is 0 Å². The molecule has 18 heavy (non-hydrogen) atoms. The first kappa shape index (κ1) is 14.0. The number of furan rings is 1. The summed E-state index contributed by atoms with van der Waals surface area (Å²) in [7, 11) is 0. The molecule has 0 aliphatic heterocycles. The summed E-state index contributed by atoms with van der Waals surface area (Å²) in [5.41, 5.74) is 0. The van der Waals surface area contributed by atoms with E-state index >= 15 is 0 Å². The summed E-state index contributed by atoms with van der Waals surface area (Å²) in [6, 6.07) is 3.31. The minimum atomic E-state index is -0.795. The van der Waals surface area contributed by atoms with Crippen LogP contribution in [0.1, 0.15) is 18.3 Å². The topological polar surface area (TPSA) is 91.6 Å². The van der Waals surface area contributed by atoms with Crippen molar-refractivity contribution in [2.75, 3.05) is 13.1 Å². The van der Waals surface area contributed by atoms with Crippen LogP contribution in [0.15, 0.2) is 35.5 Å². The molecule has 0 saturated carbocycles. The van der Waals surface area contributed by atoms with E-state index in [4.69, 9.17) is 4.42 Å². The number of aliphatic hydroxyl groups excluding tert-OH is 1. The zero-order valence-corrected chi connectivity index (χ0v) is 9.89. The zero-order chi connectivity index (χ0) is 13.4. The van der Waals surface area contributed by atoms with E-state index < -0.39 is 17.9 Å². The van der Waals surface area contributed by atoms with E-state index in [1.54, 1.807) is 12.1 Å². The van der Waals surface area contributed by atoms with Crippen LogP contribution in [0.5, 0.6) is 0 Å². The van der Waals surface area contributed by atoms with Crippen molar-refractivity contribution in [3.05, 3.63) is 36.8 Å². The Bertz CT molecular complexity index is 400. The molecule has 0 spiro atoms. The van der Waals surface area contributed by atoms with Gasteiger partial charge in [0.25, 0.3) is 0 Å². The first-order valence-electron chi connectivity index (χ1n) is 5.53. The summed E-state index contributed by atoms with van der Waals surface area (Å²) < 4.78 is 5.00. The maximum Gasteiger partial charge on any atom is 0.309 e. The van der Waals surface area contributed by atoms with E-state index in [1.165, 1.54) is 12.3 Å². The van der Waals surface area contributed by atoms with Gasteiger partial charge in [0.1, 0.15) is 11.9 Å². The van der Waals surface area contributed by atoms with Crippen LogP contribution < -0.4 is 10.6 Å². The predicted octanol–water partition coefficient (Wildman–Crippen LogP) is 0.121. The van der Waals surface area contributed by atoms with Gasteiger partial charge in [-0.2, -0.15) is 0 Å². The van der Waals surface area contributed by atoms with Gasteiger partial charge in [-0.1, -0.05) is 6.08 Å². The highest BCUT2D eigenvalue weighted by Gasteiger charge is 2.14. The van der Waals surface area contributed by atoms with Crippen LogP contribution in [-0.4, -0.2) is 30.0 Å². The third kappa shape index (κ3) is 4.42. The number of aliphatic hydroxyl groups is 1. The molecule has 1 heterocycles. The van der Waals surface area contributed by atoms with Crippen LogP contribution in [-0.2, 0) is 9.59 Å². The van der Waals surface area contributed by atoms with Crippen molar-refractivity contribution in [3.63, 3.8) is 0 Å². The van der Waals surface area contributed by atoms with Crippen molar-refractivity contribution in [1.29, 1.82) is 0 Å². The van der Waals surface area contributed by atoms with Crippen molar-refractivity contribution >= 4 is 11.8 Å². The SMILES string of the molecule is C=CCNC(=O)C(=O)NCCC(O)c1ccco1. The van der Waals surface area contributed by atoms with Crippen LogP contribution in [0.25, 0.3) is 0 Å². The first-order valence-corrected chi connectivity index (χ1v) is 5.53. The number of nitrogens with one attached hydrogen (secondary N) is 2. The molecule has 1 aromatic heterocycles. The molecule has 1 atom stereocenters. The quantitative estimate of drug-likeness (QED) is 0.495. The van der Waals surface area contributed by atoms with Gasteiger partial charge in [-0.3, -0.25) is 9.59 Å². The molecule has 0 saturated heterocycles. The van der Waals surface area contributed by atoms with Gasteiger partial charge >= 0.3 is 11.8 Å². The Morgan fingerprint density at radius 3 is 2.78 bits per heavy atom. The molecule has 2 amide bonds. The van der Waals surface area contributed by atoms with Crippen LogP contribution in [0.3, 0.4) is 0 Å². The highest BCUT2D eigenvalue weighted by atomic mass is 16.4. The fraction of sp³-hybridized carbons (Fsp3) is 0.333. The minimum absolute atomic E-state index is 0.183. The standard InChI is InChI=1S/C12H16N2O4/c1-2-6-13-11(16)12(17)14-7-5-9(15)10-4-3-8-18-10/h2-4,8-9,15H,1,5-7H2,(H,13,16)(H,14,17). The molecule has 1 unspecified atom stereocenters. The van der Waals surface area contributed by atoms with Crippen molar-refractivity contribution in [2.24, 2.45) is 0 Å². The highest BCUT2D eigenvalue weighted by molar-refractivity contribution is 6.35. The fourth-order valence-electron chi connectivity index (χ4n) is 1.27. The Morgan fingerprint density at radius 1 is 1.44 bits per heavy atom. The molecule has 98 valence electrons. The average molecular weight is 252 g/mol. The first-order chi connectivity index (χ1) is 8.65. The van der Waals surface area contributed by atoms with Crippen molar-refractivity contribution < 1.29 is 19.1 Å². The Kier molecular flexibility index (Phi) is 5.66. The van der Waals surface area contributed by atoms with E-state index in [0.29, 0.717) is 5.76 Å². The van der Waals surface area contributed by atoms with Gasteiger partial charge in [0, 0.05) is 13.1 Å². The summed E-state index contributed by atoms with van der Waals surface area (Å²) in [6.45, 7) is 3.84. The van der Waals surface area contributed by atoms with Gasteiger partial charge in [0.2, 0.25) is 0 Å². The van der Waals surface area contributed by atoms with E-state index in [0.717, 1.165) is 0 Å². The molecule has 0 aliphatic carbocycles. The van der Waals surface area contributed by atoms with Crippen LogP contribution in [0.2, 0.25) is 0 Å². The average Bonchev–Trinajstić information content (AvgIpc) is 2.89. The van der Waals surface area contributed by atoms with Crippen LogP contribution >= 0.6 is 0 Å². The molecule has 0 fully saturated rings. The molecular weight excluding hydrogens is 236 g/mol. The van der Waals surface area contributed by atoms with Crippen molar-refractivity contribution in [1.82, 2.24) is 10.6 Å². The lowest BCUT2D eigenvalue weighted by molar-refractivity contribution is -0.139. The van der Waals surface area contributed by atoms with Gasteiger partial charge in [-0.05, 0) is 18.6 Å². The highest BCUT2D eigenvalue weighted by Crippen LogP contribution is 2.15. The Hall–Kier alpha value is -2.08. The summed E-state index contributed by atoms with van der Waals surface area (Å²) in [5.74, 6) is -1.02. The van der Waals surface area contributed by atoms with Gasteiger partial charge < -0.3 is 20.2 Å². The van der Waals surface area contributed by atoms with E-state index in [-0.39, 0.29) is 19.5 Å². The van der Waals surface area contributed by atoms with E-state index in [2.05, 4.69) is 17.2 Å². The summed E-state index contributed by atoms with van der Waals surface area (Å²) >= 11 is 0. The number of hydrogen-bond donors (Lipinski definition) is 3. The molecular formula is C12H16N2O4. The van der Waals surface area contributed by atoms with Gasteiger partial charge in [-0.25, -0.2) is 0 Å². The van der Waals surface area contributed by atoms with Crippen molar-refractivity contribution in [3.8, 4) is 0 Å². The number of amides is 2. The second kappa shape index (κ2) is 7.29. The Morgan fingerprint density at radius 2 is 2.17 bits per heavy atom.